The highest BCUT2D eigenvalue weighted by Crippen LogP contribution is 2.36. The van der Waals surface area contributed by atoms with Crippen molar-refractivity contribution in [3.63, 3.8) is 0 Å². The number of hydrogen-bond acceptors (Lipinski definition) is 4. The summed E-state index contributed by atoms with van der Waals surface area (Å²) in [7, 11) is -4.39. The van der Waals surface area contributed by atoms with E-state index in [4.69, 9.17) is 9.84 Å². The van der Waals surface area contributed by atoms with Gasteiger partial charge in [0, 0.05) is 12.6 Å². The number of rotatable bonds is 6. The lowest BCUT2D eigenvalue weighted by Gasteiger charge is -2.34. The van der Waals surface area contributed by atoms with Crippen LogP contribution in [0.5, 0.6) is 0 Å². The fourth-order valence-electron chi connectivity index (χ4n) is 2.79. The highest BCUT2D eigenvalue weighted by atomic mass is 32.2. The molecule has 0 radical (unpaired) electrons. The summed E-state index contributed by atoms with van der Waals surface area (Å²) in [6, 6.07) is 3.33. The zero-order valence-corrected chi connectivity index (χ0v) is 14.0. The lowest BCUT2D eigenvalue weighted by molar-refractivity contribution is -0.143. The number of carboxylic acid groups (broad SMARTS) is 1. The molecule has 1 saturated heterocycles. The molecule has 0 amide bonds. The third-order valence-corrected chi connectivity index (χ3v) is 5.90. The summed E-state index contributed by atoms with van der Waals surface area (Å²) in [6.45, 7) is -0.709. The largest absolute Gasteiger partial charge is 0.480 e. The monoisotopic (exact) mass is 381 g/mol. The van der Waals surface area contributed by atoms with Crippen molar-refractivity contribution in [2.75, 3.05) is 19.8 Å². The second kappa shape index (κ2) is 7.71. The normalized spacial score (nSPS) is 19.7. The molecule has 0 bridgehead atoms. The summed E-state index contributed by atoms with van der Waals surface area (Å²) in [6.07, 6.45) is -3.20. The van der Waals surface area contributed by atoms with Crippen molar-refractivity contribution in [2.24, 2.45) is 0 Å². The summed E-state index contributed by atoms with van der Waals surface area (Å²) in [5, 5.41) is 8.59. The molecular weight excluding hydrogens is 363 g/mol. The zero-order valence-electron chi connectivity index (χ0n) is 13.2. The van der Waals surface area contributed by atoms with Crippen molar-refractivity contribution in [1.29, 1.82) is 0 Å². The zero-order chi connectivity index (χ0) is 18.7. The number of carbonyl (C=O) groups is 1. The fraction of sp³-hybridized carbons (Fsp3) is 0.533. The van der Waals surface area contributed by atoms with Crippen molar-refractivity contribution in [3.8, 4) is 0 Å². The molecule has 2 rings (SSSR count). The highest BCUT2D eigenvalue weighted by molar-refractivity contribution is 7.89. The lowest BCUT2D eigenvalue weighted by Crippen LogP contribution is -2.46. The van der Waals surface area contributed by atoms with Crippen molar-refractivity contribution >= 4 is 16.0 Å². The molecule has 1 aliphatic rings. The van der Waals surface area contributed by atoms with E-state index in [-0.39, 0.29) is 13.2 Å². The summed E-state index contributed by atoms with van der Waals surface area (Å²) in [5.41, 5.74) is -1.22. The molecule has 0 aromatic heterocycles. The average Bonchev–Trinajstić information content (AvgIpc) is 2.54. The Labute approximate surface area is 143 Å². The fourth-order valence-corrected chi connectivity index (χ4v) is 4.68. The minimum absolute atomic E-state index is 0.0651. The van der Waals surface area contributed by atoms with Crippen molar-refractivity contribution in [1.82, 2.24) is 4.31 Å². The van der Waals surface area contributed by atoms with Gasteiger partial charge in [-0.05, 0) is 25.0 Å². The van der Waals surface area contributed by atoms with Crippen LogP contribution in [0.3, 0.4) is 0 Å². The van der Waals surface area contributed by atoms with Gasteiger partial charge in [0.2, 0.25) is 10.0 Å². The molecule has 1 atom stereocenters. The summed E-state index contributed by atoms with van der Waals surface area (Å²) in [4.78, 5) is 9.72. The molecule has 1 N–H and O–H groups in total. The Hall–Kier alpha value is -1.65. The van der Waals surface area contributed by atoms with E-state index in [1.165, 1.54) is 6.07 Å². The van der Waals surface area contributed by atoms with Crippen molar-refractivity contribution in [2.45, 2.75) is 36.4 Å². The van der Waals surface area contributed by atoms with Gasteiger partial charge in [-0.3, -0.25) is 0 Å². The first-order valence-corrected chi connectivity index (χ1v) is 9.05. The third-order valence-electron chi connectivity index (χ3n) is 3.89. The summed E-state index contributed by atoms with van der Waals surface area (Å²) < 4.78 is 71.1. The number of nitrogens with zero attached hydrogens (tertiary/aromatic N) is 1. The lowest BCUT2D eigenvalue weighted by atomic mass is 10.1. The second-order valence-corrected chi connectivity index (χ2v) is 7.53. The maximum atomic E-state index is 13.2. The van der Waals surface area contributed by atoms with Crippen LogP contribution in [0.1, 0.15) is 24.8 Å². The van der Waals surface area contributed by atoms with E-state index >= 15 is 0 Å². The van der Waals surface area contributed by atoms with E-state index in [9.17, 15) is 26.4 Å². The number of sulfonamides is 1. The molecule has 1 heterocycles. The van der Waals surface area contributed by atoms with Gasteiger partial charge in [-0.25, -0.2) is 13.2 Å². The Balaban J connectivity index is 2.32. The predicted molar refractivity (Wildman–Crippen MR) is 81.4 cm³/mol. The summed E-state index contributed by atoms with van der Waals surface area (Å²) in [5.74, 6) is -1.20. The molecule has 1 aromatic carbocycles. The van der Waals surface area contributed by atoms with Crippen LogP contribution in [0, 0.1) is 0 Å². The van der Waals surface area contributed by atoms with E-state index in [1.807, 2.05) is 0 Å². The van der Waals surface area contributed by atoms with Gasteiger partial charge in [0.15, 0.2) is 0 Å². The van der Waals surface area contributed by atoms with Crippen LogP contribution >= 0.6 is 0 Å². The molecule has 0 aliphatic carbocycles. The predicted octanol–water partition coefficient (Wildman–Crippen LogP) is 2.35. The maximum absolute atomic E-state index is 13.2. The topological polar surface area (TPSA) is 83.9 Å². The van der Waals surface area contributed by atoms with Gasteiger partial charge in [0.05, 0.1) is 17.1 Å². The van der Waals surface area contributed by atoms with Gasteiger partial charge >= 0.3 is 12.1 Å². The number of piperidine rings is 1. The molecule has 1 fully saturated rings. The Bertz CT molecular complexity index is 720. The van der Waals surface area contributed by atoms with E-state index in [2.05, 4.69) is 0 Å². The summed E-state index contributed by atoms with van der Waals surface area (Å²) >= 11 is 0. The first-order chi connectivity index (χ1) is 11.6. The molecule has 6 nitrogen and oxygen atoms in total. The van der Waals surface area contributed by atoms with Crippen LogP contribution in [0.4, 0.5) is 13.2 Å². The molecule has 0 spiro atoms. The molecule has 1 unspecified atom stereocenters. The van der Waals surface area contributed by atoms with Crippen molar-refractivity contribution < 1.29 is 36.2 Å². The molecule has 10 heteroatoms. The van der Waals surface area contributed by atoms with Crippen LogP contribution in [0.2, 0.25) is 0 Å². The molecule has 1 aliphatic heterocycles. The minimum Gasteiger partial charge on any atom is -0.480 e. The Morgan fingerprint density at radius 1 is 1.28 bits per heavy atom. The Morgan fingerprint density at radius 2 is 1.96 bits per heavy atom. The number of alkyl halides is 3. The van der Waals surface area contributed by atoms with Crippen LogP contribution < -0.4 is 0 Å². The van der Waals surface area contributed by atoms with E-state index in [0.717, 1.165) is 22.5 Å². The van der Waals surface area contributed by atoms with Gasteiger partial charge < -0.3 is 9.84 Å². The standard InChI is InChI=1S/C15H18F3NO5S/c16-15(17,18)12-6-1-2-7-13(12)25(22,23)19-8-4-3-5-11(19)9-24-10-14(20)21/h1-2,6-7,11H,3-5,8-10H2,(H,20,21). The molecule has 0 saturated carbocycles. The Kier molecular flexibility index (Phi) is 6.07. The van der Waals surface area contributed by atoms with E-state index in [0.29, 0.717) is 19.3 Å². The van der Waals surface area contributed by atoms with Gasteiger partial charge in [-0.2, -0.15) is 17.5 Å². The van der Waals surface area contributed by atoms with Crippen LogP contribution in [0.15, 0.2) is 29.2 Å². The molecule has 1 aromatic rings. The smallest absolute Gasteiger partial charge is 0.417 e. The average molecular weight is 381 g/mol. The number of halogens is 3. The molecular formula is C15H18F3NO5S. The molecule has 140 valence electrons. The third kappa shape index (κ3) is 4.71. The number of carboxylic acids is 1. The first-order valence-electron chi connectivity index (χ1n) is 7.61. The first kappa shape index (κ1) is 19.7. The van der Waals surface area contributed by atoms with Gasteiger partial charge in [0.1, 0.15) is 6.61 Å². The molecule has 25 heavy (non-hydrogen) atoms. The maximum Gasteiger partial charge on any atom is 0.417 e. The highest BCUT2D eigenvalue weighted by Gasteiger charge is 2.41. The van der Waals surface area contributed by atoms with Crippen molar-refractivity contribution in [3.05, 3.63) is 29.8 Å². The quantitative estimate of drug-likeness (QED) is 0.818. The SMILES string of the molecule is O=C(O)COCC1CCCCN1S(=O)(=O)c1ccccc1C(F)(F)F. The number of benzene rings is 1. The number of aliphatic carboxylic acids is 1. The van der Waals surface area contributed by atoms with E-state index < -0.39 is 45.3 Å². The minimum atomic E-state index is -4.80. The van der Waals surface area contributed by atoms with E-state index in [1.54, 1.807) is 0 Å². The van der Waals surface area contributed by atoms with Crippen LogP contribution in [-0.4, -0.2) is 49.6 Å². The van der Waals surface area contributed by atoms with Gasteiger partial charge in [-0.15, -0.1) is 0 Å². The van der Waals surface area contributed by atoms with Crippen LogP contribution in [-0.2, 0) is 25.7 Å². The Morgan fingerprint density at radius 3 is 2.60 bits per heavy atom. The van der Waals surface area contributed by atoms with Crippen LogP contribution in [0.25, 0.3) is 0 Å². The number of ether oxygens (including phenoxy) is 1. The van der Waals surface area contributed by atoms with Gasteiger partial charge in [0.25, 0.3) is 0 Å². The number of hydrogen-bond donors (Lipinski definition) is 1. The van der Waals surface area contributed by atoms with Gasteiger partial charge in [-0.1, -0.05) is 18.6 Å². The second-order valence-electron chi connectivity index (χ2n) is 5.67.